The Labute approximate surface area is 114 Å². The quantitative estimate of drug-likeness (QED) is 0.876. The minimum Gasteiger partial charge on any atom is -0.313 e. The van der Waals surface area contributed by atoms with Gasteiger partial charge in [-0.25, -0.2) is 8.42 Å². The third-order valence-electron chi connectivity index (χ3n) is 2.83. The van der Waals surface area contributed by atoms with Crippen molar-refractivity contribution in [3.63, 3.8) is 0 Å². The van der Waals surface area contributed by atoms with Crippen LogP contribution < -0.4 is 5.32 Å². The molecule has 1 aromatic rings. The van der Waals surface area contributed by atoms with Crippen LogP contribution in [0.2, 0.25) is 5.02 Å². The Balaban J connectivity index is 2.93. The second-order valence-corrected chi connectivity index (χ2v) is 7.12. The molecule has 5 heteroatoms. The van der Waals surface area contributed by atoms with E-state index in [-0.39, 0.29) is 17.7 Å². The van der Waals surface area contributed by atoms with Gasteiger partial charge in [0.1, 0.15) is 0 Å². The Kier molecular flexibility index (Phi) is 5.63. The van der Waals surface area contributed by atoms with Gasteiger partial charge in [0, 0.05) is 11.1 Å². The van der Waals surface area contributed by atoms with Crippen molar-refractivity contribution in [1.29, 1.82) is 0 Å². The molecule has 102 valence electrons. The lowest BCUT2D eigenvalue weighted by atomic mass is 10.1. The van der Waals surface area contributed by atoms with Crippen molar-refractivity contribution in [2.75, 3.05) is 12.3 Å². The maximum atomic E-state index is 12.3. The highest BCUT2D eigenvalue weighted by Gasteiger charge is 2.23. The molecule has 0 aliphatic rings. The zero-order valence-electron chi connectivity index (χ0n) is 11.0. The number of nitrogens with one attached hydrogen (secondary N) is 1. The minimum absolute atomic E-state index is 0.0426. The lowest BCUT2D eigenvalue weighted by Gasteiger charge is -2.21. The predicted octanol–water partition coefficient (Wildman–Crippen LogP) is 2.75. The second-order valence-electron chi connectivity index (χ2n) is 4.65. The molecule has 0 saturated heterocycles. The summed E-state index contributed by atoms with van der Waals surface area (Å²) < 4.78 is 24.6. The van der Waals surface area contributed by atoms with E-state index in [1.807, 2.05) is 20.8 Å². The Bertz CT molecular complexity index is 486. The molecule has 0 spiro atoms. The summed E-state index contributed by atoms with van der Waals surface area (Å²) in [6.45, 7) is 6.76. The summed E-state index contributed by atoms with van der Waals surface area (Å²) in [5.41, 5.74) is 0. The number of halogens is 1. The summed E-state index contributed by atoms with van der Waals surface area (Å²) in [4.78, 5) is 0.290. The van der Waals surface area contributed by atoms with Crippen LogP contribution in [0.3, 0.4) is 0 Å². The van der Waals surface area contributed by atoms with Crippen molar-refractivity contribution in [1.82, 2.24) is 5.32 Å². The van der Waals surface area contributed by atoms with Crippen molar-refractivity contribution in [2.45, 2.75) is 31.7 Å². The lowest BCUT2D eigenvalue weighted by molar-refractivity contribution is 0.435. The highest BCUT2D eigenvalue weighted by atomic mass is 35.5. The van der Waals surface area contributed by atoms with Crippen LogP contribution in [-0.4, -0.2) is 26.8 Å². The zero-order chi connectivity index (χ0) is 13.8. The van der Waals surface area contributed by atoms with Crippen LogP contribution in [-0.2, 0) is 9.84 Å². The van der Waals surface area contributed by atoms with Crippen LogP contribution in [0.5, 0.6) is 0 Å². The van der Waals surface area contributed by atoms with Crippen molar-refractivity contribution in [3.8, 4) is 0 Å². The van der Waals surface area contributed by atoms with Gasteiger partial charge in [-0.3, -0.25) is 0 Å². The fraction of sp³-hybridized carbons (Fsp3) is 0.538. The third-order valence-corrected chi connectivity index (χ3v) is 4.83. The van der Waals surface area contributed by atoms with Crippen LogP contribution >= 0.6 is 11.6 Å². The van der Waals surface area contributed by atoms with E-state index in [9.17, 15) is 8.42 Å². The molecule has 1 unspecified atom stereocenters. The van der Waals surface area contributed by atoms with Crippen LogP contribution in [0.25, 0.3) is 0 Å². The summed E-state index contributed by atoms with van der Waals surface area (Å²) in [7, 11) is -3.30. The van der Waals surface area contributed by atoms with Gasteiger partial charge in [-0.2, -0.15) is 0 Å². The number of hydrogen-bond donors (Lipinski definition) is 1. The molecular formula is C13H20ClNO2S. The molecule has 0 amide bonds. The number of hydrogen-bond acceptors (Lipinski definition) is 3. The third kappa shape index (κ3) is 4.26. The lowest BCUT2D eigenvalue weighted by Crippen LogP contribution is -2.39. The fourth-order valence-corrected chi connectivity index (χ4v) is 3.76. The number of benzene rings is 1. The molecule has 0 fully saturated rings. The summed E-state index contributed by atoms with van der Waals surface area (Å²) in [5, 5.41) is 3.66. The average Bonchev–Trinajstić information content (AvgIpc) is 2.28. The molecule has 1 aromatic carbocycles. The Hall–Kier alpha value is -0.580. The van der Waals surface area contributed by atoms with Crippen molar-refractivity contribution in [3.05, 3.63) is 29.3 Å². The summed E-state index contributed by atoms with van der Waals surface area (Å²) in [6.07, 6.45) is 0. The molecule has 1 atom stereocenters. The molecule has 0 saturated carbocycles. The van der Waals surface area contributed by atoms with Gasteiger partial charge in [0.2, 0.25) is 0 Å². The molecule has 0 heterocycles. The smallest absolute Gasteiger partial charge is 0.179 e. The standard InChI is InChI=1S/C13H20ClNO2S/c1-4-15-13(10(2)3)9-18(16,17)12-7-5-6-11(14)8-12/h5-8,10,13,15H,4,9H2,1-3H3. The van der Waals surface area contributed by atoms with Gasteiger partial charge in [-0.05, 0) is 30.7 Å². The van der Waals surface area contributed by atoms with Crippen molar-refractivity contribution < 1.29 is 8.42 Å². The molecule has 1 N–H and O–H groups in total. The molecule has 0 aromatic heterocycles. The Morgan fingerprint density at radius 3 is 2.50 bits per heavy atom. The van der Waals surface area contributed by atoms with Gasteiger partial charge in [-0.1, -0.05) is 38.4 Å². The highest BCUT2D eigenvalue weighted by molar-refractivity contribution is 7.91. The first kappa shape index (κ1) is 15.5. The van der Waals surface area contributed by atoms with Gasteiger partial charge >= 0.3 is 0 Å². The van der Waals surface area contributed by atoms with E-state index in [1.54, 1.807) is 18.2 Å². The molecule has 0 aliphatic heterocycles. The zero-order valence-corrected chi connectivity index (χ0v) is 12.6. The van der Waals surface area contributed by atoms with E-state index < -0.39 is 9.84 Å². The summed E-state index contributed by atoms with van der Waals surface area (Å²) in [5.74, 6) is 0.359. The summed E-state index contributed by atoms with van der Waals surface area (Å²) >= 11 is 5.83. The van der Waals surface area contributed by atoms with Crippen LogP contribution in [0, 0.1) is 5.92 Å². The fourth-order valence-electron chi connectivity index (χ4n) is 1.74. The second kappa shape index (κ2) is 6.55. The molecular weight excluding hydrogens is 270 g/mol. The molecule has 18 heavy (non-hydrogen) atoms. The van der Waals surface area contributed by atoms with Gasteiger partial charge in [0.05, 0.1) is 10.6 Å². The maximum Gasteiger partial charge on any atom is 0.179 e. The van der Waals surface area contributed by atoms with Gasteiger partial charge in [-0.15, -0.1) is 0 Å². The Morgan fingerprint density at radius 1 is 1.33 bits per heavy atom. The van der Waals surface area contributed by atoms with Gasteiger partial charge in [0.15, 0.2) is 9.84 Å². The van der Waals surface area contributed by atoms with E-state index in [4.69, 9.17) is 11.6 Å². The van der Waals surface area contributed by atoms with Gasteiger partial charge < -0.3 is 5.32 Å². The first-order valence-electron chi connectivity index (χ1n) is 6.08. The van der Waals surface area contributed by atoms with E-state index in [0.717, 1.165) is 6.54 Å². The van der Waals surface area contributed by atoms with E-state index in [2.05, 4.69) is 5.32 Å². The van der Waals surface area contributed by atoms with Crippen LogP contribution in [0.15, 0.2) is 29.2 Å². The van der Waals surface area contributed by atoms with E-state index >= 15 is 0 Å². The molecule has 1 rings (SSSR count). The highest BCUT2D eigenvalue weighted by Crippen LogP contribution is 2.18. The van der Waals surface area contributed by atoms with Crippen LogP contribution in [0.4, 0.5) is 0 Å². The first-order chi connectivity index (χ1) is 8.36. The molecule has 3 nitrogen and oxygen atoms in total. The molecule has 0 radical (unpaired) electrons. The Morgan fingerprint density at radius 2 is 2.00 bits per heavy atom. The van der Waals surface area contributed by atoms with Crippen LogP contribution in [0.1, 0.15) is 20.8 Å². The van der Waals surface area contributed by atoms with E-state index in [1.165, 1.54) is 6.07 Å². The minimum atomic E-state index is -3.30. The predicted molar refractivity (Wildman–Crippen MR) is 75.8 cm³/mol. The first-order valence-corrected chi connectivity index (χ1v) is 8.11. The maximum absolute atomic E-state index is 12.3. The monoisotopic (exact) mass is 289 g/mol. The summed E-state index contributed by atoms with van der Waals surface area (Å²) in [6, 6.07) is 6.38. The molecule has 0 bridgehead atoms. The van der Waals surface area contributed by atoms with Crippen molar-refractivity contribution >= 4 is 21.4 Å². The SMILES string of the molecule is CCNC(CS(=O)(=O)c1cccc(Cl)c1)C(C)C. The normalized spacial score (nSPS) is 13.8. The number of rotatable bonds is 6. The largest absolute Gasteiger partial charge is 0.313 e. The van der Waals surface area contributed by atoms with Crippen molar-refractivity contribution in [2.24, 2.45) is 5.92 Å². The van der Waals surface area contributed by atoms with Gasteiger partial charge in [0.25, 0.3) is 0 Å². The number of sulfone groups is 1. The topological polar surface area (TPSA) is 46.2 Å². The van der Waals surface area contributed by atoms with E-state index in [0.29, 0.717) is 9.92 Å². The average molecular weight is 290 g/mol. The molecule has 0 aliphatic carbocycles.